The van der Waals surface area contributed by atoms with E-state index in [1.54, 1.807) is 18.2 Å². The Balaban J connectivity index is 0.000000387. The molecule has 0 aliphatic carbocycles. The number of Topliss-reactive ketones (excluding diaryl/α,β-unsaturated/α-hetero) is 1. The van der Waals surface area contributed by atoms with Crippen molar-refractivity contribution < 1.29 is 115 Å². The number of para-hydroxylation sites is 1. The summed E-state index contributed by atoms with van der Waals surface area (Å²) >= 11 is 0. The largest absolute Gasteiger partial charge is 0.416 e. The second kappa shape index (κ2) is 20.6. The molecule has 0 aliphatic rings. The number of fused-ring (bicyclic) bond motifs is 1. The van der Waals surface area contributed by atoms with Crippen molar-refractivity contribution in [2.75, 3.05) is 0 Å². The molecular formula is C50H25BF24N2O. The minimum atomic E-state index is -6.13. The Morgan fingerprint density at radius 2 is 0.667 bits per heavy atom. The van der Waals surface area contributed by atoms with Crippen LogP contribution in [0.2, 0.25) is 0 Å². The second-order valence-corrected chi connectivity index (χ2v) is 17.0. The van der Waals surface area contributed by atoms with Gasteiger partial charge in [-0.05, 0) is 42.5 Å². The summed E-state index contributed by atoms with van der Waals surface area (Å²) in [4.78, 5) is 12.4. The van der Waals surface area contributed by atoms with E-state index in [0.29, 0.717) is 11.1 Å². The van der Waals surface area contributed by atoms with Crippen LogP contribution < -0.4 is 26.4 Å². The quantitative estimate of drug-likeness (QED) is 0.0691. The number of rotatable bonds is 7. The average Bonchev–Trinajstić information content (AvgIpc) is 3.46. The Bertz CT molecular complexity index is 2970. The van der Waals surface area contributed by atoms with Crippen LogP contribution in [0.4, 0.5) is 105 Å². The molecule has 0 N–H and O–H groups in total. The van der Waals surface area contributed by atoms with Gasteiger partial charge < -0.3 is 0 Å². The van der Waals surface area contributed by atoms with Crippen molar-refractivity contribution in [3.05, 3.63) is 195 Å². The minimum absolute atomic E-state index is 0.0286. The van der Waals surface area contributed by atoms with E-state index in [1.807, 2.05) is 53.2 Å². The van der Waals surface area contributed by atoms with E-state index in [4.69, 9.17) is 0 Å². The molecule has 0 atom stereocenters. The van der Waals surface area contributed by atoms with Gasteiger partial charge >= 0.3 is 49.4 Å². The van der Waals surface area contributed by atoms with Crippen LogP contribution in [0.1, 0.15) is 60.4 Å². The van der Waals surface area contributed by atoms with Crippen molar-refractivity contribution in [3.63, 3.8) is 0 Å². The van der Waals surface area contributed by atoms with E-state index < -0.39 is 195 Å². The topological polar surface area (TPSA) is 44.7 Å². The van der Waals surface area contributed by atoms with Crippen LogP contribution in [0, 0.1) is 11.3 Å². The van der Waals surface area contributed by atoms with Crippen molar-refractivity contribution in [1.82, 2.24) is 0 Å². The molecular weight excluding hydrogens is 1110 g/mol. The van der Waals surface area contributed by atoms with E-state index in [2.05, 4.69) is 6.07 Å². The van der Waals surface area contributed by atoms with Gasteiger partial charge in [-0.1, -0.05) is 84.9 Å². The molecule has 0 saturated heterocycles. The van der Waals surface area contributed by atoms with Crippen LogP contribution in [0.15, 0.2) is 140 Å². The number of halogens is 24. The molecule has 0 aliphatic heterocycles. The number of nitrogens with zero attached hydrogens (tertiary/aromatic N) is 2. The van der Waals surface area contributed by atoms with Gasteiger partial charge in [0.15, 0.2) is 6.20 Å². The van der Waals surface area contributed by atoms with Gasteiger partial charge in [-0.15, -0.1) is 0 Å². The lowest BCUT2D eigenvalue weighted by Gasteiger charge is -2.46. The van der Waals surface area contributed by atoms with E-state index >= 15 is 0 Å². The maximum absolute atomic E-state index is 14.2. The fourth-order valence-electron chi connectivity index (χ4n) is 8.50. The molecule has 0 fully saturated rings. The van der Waals surface area contributed by atoms with Crippen LogP contribution in [0.3, 0.4) is 0 Å². The maximum atomic E-state index is 14.2. The zero-order valence-electron chi connectivity index (χ0n) is 37.9. The molecule has 412 valence electrons. The molecule has 0 amide bonds. The van der Waals surface area contributed by atoms with Gasteiger partial charge in [0.2, 0.25) is 17.8 Å². The highest BCUT2D eigenvalue weighted by Crippen LogP contribution is 2.41. The van der Waals surface area contributed by atoms with Crippen LogP contribution in [-0.4, -0.2) is 11.9 Å². The third-order valence-electron chi connectivity index (χ3n) is 11.9. The number of pyridine rings is 1. The summed E-state index contributed by atoms with van der Waals surface area (Å²) in [7, 11) is 0. The predicted molar refractivity (Wildman–Crippen MR) is 230 cm³/mol. The summed E-state index contributed by atoms with van der Waals surface area (Å²) in [6.07, 6.45) is -53.0. The molecule has 0 radical (unpaired) electrons. The number of carbonyl (C=O) groups is 1. The third kappa shape index (κ3) is 13.0. The molecule has 1 aromatic heterocycles. The monoisotopic (exact) mass is 1140 g/mol. The summed E-state index contributed by atoms with van der Waals surface area (Å²) in [6, 6.07) is 12.0. The molecule has 7 aromatic rings. The highest BCUT2D eigenvalue weighted by Gasteiger charge is 2.47. The number of alkyl halides is 24. The number of ketones is 1. The van der Waals surface area contributed by atoms with Gasteiger partial charge in [0.05, 0.1) is 44.5 Å². The fraction of sp³-hybridized carbons (Fsp3) is 0.180. The number of nitriles is 1. The summed E-state index contributed by atoms with van der Waals surface area (Å²) in [5, 5.41) is 10.2. The Labute approximate surface area is 421 Å². The highest BCUT2D eigenvalue weighted by atomic mass is 19.4. The van der Waals surface area contributed by atoms with E-state index in [1.165, 1.54) is 0 Å². The first-order valence-corrected chi connectivity index (χ1v) is 21.3. The number of aromatic nitrogens is 1. The van der Waals surface area contributed by atoms with E-state index in [0.717, 1.165) is 10.9 Å². The standard InChI is InChI=1S/C32H12BF24.C18H13N2O/c34-25(35,36)13-1-14(26(37,38)39)6-21(5-13)33(22-7-15(27(40,41)42)2-16(8-22)28(43,44)45,23-9-17(29(46,47)48)3-18(10-23)30(49,50)51)24-11-19(31(52,53)54)4-20(12-24)32(55,56)57;19-12-16-9-4-8-15-10-5-11-20(18(15)16)13-17(21)14-6-2-1-3-7-14/h1-12H;1-11H,13H2/q-1;+1. The van der Waals surface area contributed by atoms with Gasteiger partial charge in [-0.25, -0.2) is 0 Å². The summed E-state index contributed by atoms with van der Waals surface area (Å²) in [6.45, 7) is 0.222. The normalized spacial score (nSPS) is 13.2. The van der Waals surface area contributed by atoms with Crippen LogP contribution in [0.5, 0.6) is 0 Å². The second-order valence-electron chi connectivity index (χ2n) is 17.0. The first-order valence-electron chi connectivity index (χ1n) is 21.3. The predicted octanol–water partition coefficient (Wildman–Crippen LogP) is 14.1. The van der Waals surface area contributed by atoms with Crippen LogP contribution in [-0.2, 0) is 56.0 Å². The lowest BCUT2D eigenvalue weighted by molar-refractivity contribution is -0.657. The molecule has 7 rings (SSSR count). The van der Waals surface area contributed by atoms with Crippen molar-refractivity contribution in [2.24, 2.45) is 0 Å². The summed E-state index contributed by atoms with van der Waals surface area (Å²) < 4.78 is 343. The summed E-state index contributed by atoms with van der Waals surface area (Å²) in [5.41, 5.74) is -28.2. The van der Waals surface area contributed by atoms with Crippen molar-refractivity contribution in [2.45, 2.75) is 56.0 Å². The molecule has 1 heterocycles. The first kappa shape index (κ1) is 59.5. The van der Waals surface area contributed by atoms with Gasteiger partial charge in [0.1, 0.15) is 17.8 Å². The SMILES string of the molecule is FC(F)(F)c1cc([B-](c2cc(C(F)(F)F)cc(C(F)(F)F)c2)(c2cc(C(F)(F)F)cc(C(F)(F)F)c2)c2cc(C(F)(F)F)cc(C(F)(F)F)c2)cc(C(F)(F)F)c1.N#Cc1cccc2ccc[n+](CC(=O)c3ccccc3)c12. The van der Waals surface area contributed by atoms with Crippen molar-refractivity contribution >= 4 is 44.7 Å². The molecule has 6 aromatic carbocycles. The Kier molecular flexibility index (Phi) is 15.7. The highest BCUT2D eigenvalue weighted by molar-refractivity contribution is 7.20. The van der Waals surface area contributed by atoms with Gasteiger partial charge in [0, 0.05) is 17.0 Å². The zero-order valence-corrected chi connectivity index (χ0v) is 37.9. The molecule has 28 heteroatoms. The summed E-state index contributed by atoms with van der Waals surface area (Å²) in [5.74, 6) is 0.0286. The number of carbonyl (C=O) groups excluding carboxylic acids is 1. The van der Waals surface area contributed by atoms with Crippen LogP contribution in [0.25, 0.3) is 10.9 Å². The maximum Gasteiger partial charge on any atom is 0.416 e. The Morgan fingerprint density at radius 1 is 0.385 bits per heavy atom. The first-order chi connectivity index (χ1) is 35.6. The Hall–Kier alpha value is -7.73. The van der Waals surface area contributed by atoms with E-state index in [-0.39, 0.29) is 12.3 Å². The molecule has 78 heavy (non-hydrogen) atoms. The van der Waals surface area contributed by atoms with Gasteiger partial charge in [-0.3, -0.25) is 4.79 Å². The molecule has 0 spiro atoms. The van der Waals surface area contributed by atoms with Crippen LogP contribution >= 0.6 is 0 Å². The zero-order chi connectivity index (χ0) is 58.6. The smallest absolute Gasteiger partial charge is 0.287 e. The van der Waals surface area contributed by atoms with Gasteiger partial charge in [0.25, 0.3) is 0 Å². The fourth-order valence-corrected chi connectivity index (χ4v) is 8.50. The molecule has 3 nitrogen and oxygen atoms in total. The molecule has 0 unspecified atom stereocenters. The third-order valence-corrected chi connectivity index (χ3v) is 11.9. The number of hydrogen-bond acceptors (Lipinski definition) is 2. The van der Waals surface area contributed by atoms with Gasteiger partial charge in [-0.2, -0.15) is 137 Å². The lowest BCUT2D eigenvalue weighted by Crippen LogP contribution is -2.75. The minimum Gasteiger partial charge on any atom is -0.287 e. The molecule has 0 saturated carbocycles. The molecule has 0 bridgehead atoms. The van der Waals surface area contributed by atoms with E-state index in [9.17, 15) is 115 Å². The number of benzene rings is 6. The van der Waals surface area contributed by atoms with Crippen molar-refractivity contribution in [3.8, 4) is 6.07 Å². The van der Waals surface area contributed by atoms with Crippen molar-refractivity contribution in [1.29, 1.82) is 5.26 Å². The average molecular weight is 1140 g/mol. The lowest BCUT2D eigenvalue weighted by atomic mass is 9.12. The Morgan fingerprint density at radius 3 is 0.936 bits per heavy atom. The number of hydrogen-bond donors (Lipinski definition) is 0.